The normalized spacial score (nSPS) is 49.3. The van der Waals surface area contributed by atoms with Gasteiger partial charge in [-0.05, 0) is 38.1 Å². The Bertz CT molecular complexity index is 185. The summed E-state index contributed by atoms with van der Waals surface area (Å²) in [6.07, 6.45) is 7.36. The van der Waals surface area contributed by atoms with Crippen LogP contribution in [0.5, 0.6) is 0 Å². The van der Waals surface area contributed by atoms with Gasteiger partial charge in [0.2, 0.25) is 0 Å². The standard InChI is InChI=1S/C10H17N/c1-8-4-3-5-9-6-7-11-10(8,9)2/h3-4,8-9,11H,5-7H2,1-2H3/t8-,9?,10?/m1/s1. The first-order valence-corrected chi connectivity index (χ1v) is 4.65. The minimum Gasteiger partial charge on any atom is -0.311 e. The highest BCUT2D eigenvalue weighted by atomic mass is 15.0. The summed E-state index contributed by atoms with van der Waals surface area (Å²) in [4.78, 5) is 0. The molecule has 1 heteroatoms. The lowest BCUT2D eigenvalue weighted by Gasteiger charge is -2.38. The first-order valence-electron chi connectivity index (χ1n) is 4.65. The summed E-state index contributed by atoms with van der Waals surface area (Å²) in [5.74, 6) is 1.60. The van der Waals surface area contributed by atoms with E-state index in [2.05, 4.69) is 31.3 Å². The van der Waals surface area contributed by atoms with Gasteiger partial charge < -0.3 is 5.32 Å². The van der Waals surface area contributed by atoms with Crippen molar-refractivity contribution in [1.29, 1.82) is 0 Å². The fourth-order valence-corrected chi connectivity index (χ4v) is 2.50. The van der Waals surface area contributed by atoms with Gasteiger partial charge in [-0.3, -0.25) is 0 Å². The second kappa shape index (κ2) is 2.34. The van der Waals surface area contributed by atoms with Crippen LogP contribution < -0.4 is 5.32 Å². The molecule has 3 atom stereocenters. The molecule has 2 aliphatic rings. The van der Waals surface area contributed by atoms with Gasteiger partial charge in [-0.1, -0.05) is 19.1 Å². The van der Waals surface area contributed by atoms with Gasteiger partial charge in [-0.15, -0.1) is 0 Å². The predicted octanol–water partition coefficient (Wildman–Crippen LogP) is 1.95. The number of hydrogen-bond donors (Lipinski definition) is 1. The monoisotopic (exact) mass is 151 g/mol. The van der Waals surface area contributed by atoms with Crippen molar-refractivity contribution >= 4 is 0 Å². The second-order valence-electron chi connectivity index (χ2n) is 4.15. The number of rotatable bonds is 0. The van der Waals surface area contributed by atoms with Crippen LogP contribution in [0.1, 0.15) is 26.7 Å². The van der Waals surface area contributed by atoms with Gasteiger partial charge in [0.15, 0.2) is 0 Å². The van der Waals surface area contributed by atoms with Gasteiger partial charge in [-0.25, -0.2) is 0 Å². The van der Waals surface area contributed by atoms with Crippen LogP contribution >= 0.6 is 0 Å². The van der Waals surface area contributed by atoms with E-state index in [-0.39, 0.29) is 0 Å². The van der Waals surface area contributed by atoms with Crippen LogP contribution in [-0.2, 0) is 0 Å². The summed E-state index contributed by atoms with van der Waals surface area (Å²) in [6.45, 7) is 5.91. The van der Waals surface area contributed by atoms with E-state index in [9.17, 15) is 0 Å². The Balaban J connectivity index is 2.27. The molecule has 62 valence electrons. The Hall–Kier alpha value is -0.300. The molecule has 1 fully saturated rings. The highest BCUT2D eigenvalue weighted by Gasteiger charge is 2.42. The molecule has 0 amide bonds. The summed E-state index contributed by atoms with van der Waals surface area (Å²) in [6, 6.07) is 0. The van der Waals surface area contributed by atoms with Crippen molar-refractivity contribution in [2.75, 3.05) is 6.54 Å². The van der Waals surface area contributed by atoms with Crippen molar-refractivity contribution in [3.05, 3.63) is 12.2 Å². The van der Waals surface area contributed by atoms with Gasteiger partial charge in [0.25, 0.3) is 0 Å². The molecule has 0 spiro atoms. The molecule has 1 nitrogen and oxygen atoms in total. The highest BCUT2D eigenvalue weighted by Crippen LogP contribution is 2.39. The third-order valence-electron chi connectivity index (χ3n) is 3.64. The molecule has 1 N–H and O–H groups in total. The molecule has 1 aliphatic carbocycles. The lowest BCUT2D eigenvalue weighted by molar-refractivity contribution is 0.230. The number of nitrogens with one attached hydrogen (secondary N) is 1. The number of fused-ring (bicyclic) bond motifs is 1. The third-order valence-corrected chi connectivity index (χ3v) is 3.64. The van der Waals surface area contributed by atoms with Crippen molar-refractivity contribution in [2.45, 2.75) is 32.2 Å². The highest BCUT2D eigenvalue weighted by molar-refractivity contribution is 5.12. The zero-order valence-corrected chi connectivity index (χ0v) is 7.43. The van der Waals surface area contributed by atoms with Crippen LogP contribution in [0.2, 0.25) is 0 Å². The van der Waals surface area contributed by atoms with Crippen molar-refractivity contribution in [2.24, 2.45) is 11.8 Å². The zero-order valence-electron chi connectivity index (χ0n) is 7.43. The Labute approximate surface area is 68.9 Å². The molecule has 0 saturated carbocycles. The molecule has 0 aromatic carbocycles. The van der Waals surface area contributed by atoms with Gasteiger partial charge in [0, 0.05) is 5.54 Å². The van der Waals surface area contributed by atoms with E-state index < -0.39 is 0 Å². The average Bonchev–Trinajstić information content (AvgIpc) is 2.34. The number of allylic oxidation sites excluding steroid dienone is 1. The minimum atomic E-state index is 0.411. The Kier molecular flexibility index (Phi) is 1.57. The number of hydrogen-bond acceptors (Lipinski definition) is 1. The first-order chi connectivity index (χ1) is 5.23. The molecule has 0 bridgehead atoms. The zero-order chi connectivity index (χ0) is 7.90. The summed E-state index contributed by atoms with van der Waals surface area (Å²) in [7, 11) is 0. The quantitative estimate of drug-likeness (QED) is 0.522. The largest absolute Gasteiger partial charge is 0.311 e. The van der Waals surface area contributed by atoms with E-state index in [1.165, 1.54) is 19.4 Å². The molecule has 2 unspecified atom stereocenters. The van der Waals surface area contributed by atoms with Crippen molar-refractivity contribution < 1.29 is 0 Å². The van der Waals surface area contributed by atoms with Crippen LogP contribution in [0.15, 0.2) is 12.2 Å². The fourth-order valence-electron chi connectivity index (χ4n) is 2.50. The van der Waals surface area contributed by atoms with Crippen LogP contribution in [0.25, 0.3) is 0 Å². The maximum absolute atomic E-state index is 3.63. The van der Waals surface area contributed by atoms with Gasteiger partial charge >= 0.3 is 0 Å². The summed E-state index contributed by atoms with van der Waals surface area (Å²) in [5.41, 5.74) is 0.411. The third kappa shape index (κ3) is 0.943. The fraction of sp³-hybridized carbons (Fsp3) is 0.800. The van der Waals surface area contributed by atoms with Crippen LogP contribution in [-0.4, -0.2) is 12.1 Å². The van der Waals surface area contributed by atoms with Gasteiger partial charge in [0.05, 0.1) is 0 Å². The molecule has 0 aromatic heterocycles. The predicted molar refractivity (Wildman–Crippen MR) is 47.4 cm³/mol. The van der Waals surface area contributed by atoms with E-state index in [0.29, 0.717) is 11.5 Å². The maximum atomic E-state index is 3.63. The van der Waals surface area contributed by atoms with E-state index >= 15 is 0 Å². The van der Waals surface area contributed by atoms with Crippen molar-refractivity contribution in [1.82, 2.24) is 5.32 Å². The van der Waals surface area contributed by atoms with E-state index in [0.717, 1.165) is 5.92 Å². The second-order valence-corrected chi connectivity index (χ2v) is 4.15. The Morgan fingerprint density at radius 3 is 3.09 bits per heavy atom. The van der Waals surface area contributed by atoms with Crippen LogP contribution in [0.3, 0.4) is 0 Å². The Morgan fingerprint density at radius 2 is 2.36 bits per heavy atom. The smallest absolute Gasteiger partial charge is 0.0244 e. The molecular weight excluding hydrogens is 134 g/mol. The lowest BCUT2D eigenvalue weighted by atomic mass is 9.72. The first kappa shape index (κ1) is 7.35. The molecule has 2 rings (SSSR count). The molecule has 1 saturated heterocycles. The molecule has 1 aliphatic heterocycles. The minimum absolute atomic E-state index is 0.411. The topological polar surface area (TPSA) is 12.0 Å². The molecule has 11 heavy (non-hydrogen) atoms. The maximum Gasteiger partial charge on any atom is 0.0244 e. The molecule has 0 aromatic rings. The van der Waals surface area contributed by atoms with Gasteiger partial charge in [-0.2, -0.15) is 0 Å². The van der Waals surface area contributed by atoms with Crippen LogP contribution in [0, 0.1) is 11.8 Å². The summed E-state index contributed by atoms with van der Waals surface area (Å²) < 4.78 is 0. The molecular formula is C10H17N. The summed E-state index contributed by atoms with van der Waals surface area (Å²) >= 11 is 0. The Morgan fingerprint density at radius 1 is 1.55 bits per heavy atom. The SMILES string of the molecule is C[C@@H]1C=CCC2CCNC21C. The van der Waals surface area contributed by atoms with Crippen molar-refractivity contribution in [3.8, 4) is 0 Å². The van der Waals surface area contributed by atoms with E-state index in [1.807, 2.05) is 0 Å². The van der Waals surface area contributed by atoms with Gasteiger partial charge in [0.1, 0.15) is 0 Å². The van der Waals surface area contributed by atoms with Crippen molar-refractivity contribution in [3.63, 3.8) is 0 Å². The molecule has 0 radical (unpaired) electrons. The average molecular weight is 151 g/mol. The van der Waals surface area contributed by atoms with E-state index in [1.54, 1.807) is 0 Å². The van der Waals surface area contributed by atoms with E-state index in [4.69, 9.17) is 0 Å². The lowest BCUT2D eigenvalue weighted by Crippen LogP contribution is -2.48. The molecule has 1 heterocycles. The van der Waals surface area contributed by atoms with Crippen LogP contribution in [0.4, 0.5) is 0 Å². The summed E-state index contributed by atoms with van der Waals surface area (Å²) in [5, 5.41) is 3.63.